The zero-order chi connectivity index (χ0) is 29.9. The van der Waals surface area contributed by atoms with E-state index in [1.807, 2.05) is 0 Å². The van der Waals surface area contributed by atoms with E-state index in [-0.39, 0.29) is 12.6 Å². The molecule has 0 saturated carbocycles. The van der Waals surface area contributed by atoms with Crippen LogP contribution in [0.4, 0.5) is 0 Å². The number of rotatable bonds is 34. The Hall–Kier alpha value is -0.870. The largest absolute Gasteiger partial charge is 0.457 e. The van der Waals surface area contributed by atoms with E-state index in [1.54, 1.807) is 0 Å². The number of aliphatic hydroxyl groups is 1. The molecule has 0 aromatic carbocycles. The van der Waals surface area contributed by atoms with Gasteiger partial charge in [-0.1, -0.05) is 161 Å². The van der Waals surface area contributed by atoms with Gasteiger partial charge in [-0.05, 0) is 38.5 Å². The van der Waals surface area contributed by atoms with E-state index < -0.39 is 6.10 Å². The molecule has 0 bridgehead atoms. The Bertz CT molecular complexity index is 533. The Morgan fingerprint density at radius 3 is 1.39 bits per heavy atom. The number of carbonyl (C=O) groups excluding carboxylic acids is 1. The summed E-state index contributed by atoms with van der Waals surface area (Å²) >= 11 is 0. The Morgan fingerprint density at radius 2 is 0.951 bits per heavy atom. The van der Waals surface area contributed by atoms with Gasteiger partial charge >= 0.3 is 5.97 Å². The van der Waals surface area contributed by atoms with Crippen LogP contribution in [0.15, 0.2) is 12.2 Å². The van der Waals surface area contributed by atoms with Gasteiger partial charge in [-0.2, -0.15) is 0 Å². The van der Waals surface area contributed by atoms with Crippen LogP contribution in [0.25, 0.3) is 0 Å². The maximum atomic E-state index is 12.1. The number of ether oxygens (including phenoxy) is 2. The zero-order valence-electron chi connectivity index (χ0n) is 27.8. The number of allylic oxidation sites excluding steroid dienone is 2. The third kappa shape index (κ3) is 33.5. The predicted octanol–water partition coefficient (Wildman–Crippen LogP) is 11.4. The summed E-state index contributed by atoms with van der Waals surface area (Å²) in [6.45, 7) is 5.35. The van der Waals surface area contributed by atoms with E-state index in [4.69, 9.17) is 9.47 Å². The molecule has 0 heterocycles. The van der Waals surface area contributed by atoms with Crippen molar-refractivity contribution in [2.24, 2.45) is 0 Å². The molecule has 0 aliphatic carbocycles. The normalized spacial score (nSPS) is 12.4. The lowest BCUT2D eigenvalue weighted by Gasteiger charge is -2.15. The molecule has 0 aromatic heterocycles. The van der Waals surface area contributed by atoms with Crippen LogP contribution < -0.4 is 0 Å². The van der Waals surface area contributed by atoms with Crippen LogP contribution in [0, 0.1) is 0 Å². The van der Waals surface area contributed by atoms with Crippen LogP contribution >= 0.6 is 0 Å². The Balaban J connectivity index is 3.41. The first-order chi connectivity index (χ1) is 20.2. The molecule has 0 fully saturated rings. The smallest absolute Gasteiger partial charge is 0.306 e. The molecule has 4 heteroatoms. The van der Waals surface area contributed by atoms with Gasteiger partial charge < -0.3 is 14.6 Å². The molecule has 0 amide bonds. The molecule has 0 aliphatic rings. The standard InChI is InChI=1S/C37H72O4/c1-3-5-7-9-11-13-15-17-18-19-20-21-23-25-27-29-31-33-40-35-36(34-38)41-37(39)32-30-28-26-24-22-16-14-12-10-8-6-4-2/h18-19,36,38H,3-17,20-35H2,1-2H3/b19-18-. The number of hydrogen-bond acceptors (Lipinski definition) is 4. The van der Waals surface area contributed by atoms with Crippen molar-refractivity contribution in [1.29, 1.82) is 0 Å². The average molecular weight is 581 g/mol. The quantitative estimate of drug-likeness (QED) is 0.0467. The lowest BCUT2D eigenvalue weighted by molar-refractivity contribution is -0.154. The number of esters is 1. The first kappa shape index (κ1) is 40.1. The second-order valence-corrected chi connectivity index (χ2v) is 12.3. The summed E-state index contributed by atoms with van der Waals surface area (Å²) in [5, 5.41) is 9.54. The molecule has 0 aromatic rings. The minimum Gasteiger partial charge on any atom is -0.457 e. The summed E-state index contributed by atoms with van der Waals surface area (Å²) in [6, 6.07) is 0. The molecular formula is C37H72O4. The van der Waals surface area contributed by atoms with Crippen LogP contribution in [0.2, 0.25) is 0 Å². The van der Waals surface area contributed by atoms with Gasteiger partial charge in [0.25, 0.3) is 0 Å². The summed E-state index contributed by atoms with van der Waals surface area (Å²) < 4.78 is 11.1. The van der Waals surface area contributed by atoms with Crippen molar-refractivity contribution in [1.82, 2.24) is 0 Å². The first-order valence-electron chi connectivity index (χ1n) is 18.3. The van der Waals surface area contributed by atoms with Crippen LogP contribution in [-0.4, -0.2) is 37.0 Å². The molecule has 244 valence electrons. The lowest BCUT2D eigenvalue weighted by Crippen LogP contribution is -2.27. The highest BCUT2D eigenvalue weighted by Gasteiger charge is 2.13. The molecule has 0 aliphatic heterocycles. The highest BCUT2D eigenvalue weighted by Crippen LogP contribution is 2.14. The highest BCUT2D eigenvalue weighted by atomic mass is 16.6. The van der Waals surface area contributed by atoms with Gasteiger partial charge in [0.15, 0.2) is 0 Å². The van der Waals surface area contributed by atoms with E-state index in [9.17, 15) is 9.90 Å². The summed E-state index contributed by atoms with van der Waals surface area (Å²) in [7, 11) is 0. The number of unbranched alkanes of at least 4 members (excludes halogenated alkanes) is 24. The molecule has 0 saturated heterocycles. The summed E-state index contributed by atoms with van der Waals surface area (Å²) in [6.07, 6.45) is 39.6. The summed E-state index contributed by atoms with van der Waals surface area (Å²) in [5.41, 5.74) is 0. The van der Waals surface area contributed by atoms with Crippen molar-refractivity contribution >= 4 is 5.97 Å². The summed E-state index contributed by atoms with van der Waals surface area (Å²) in [5.74, 6) is -0.202. The SMILES string of the molecule is CCCCCCCCC/C=C\CCCCCCCCOCC(CO)OC(=O)CCCCCCCCCCCCCC. The van der Waals surface area contributed by atoms with Crippen LogP contribution in [-0.2, 0) is 14.3 Å². The number of carbonyl (C=O) groups is 1. The van der Waals surface area contributed by atoms with Crippen molar-refractivity contribution in [3.8, 4) is 0 Å². The topological polar surface area (TPSA) is 55.8 Å². The van der Waals surface area contributed by atoms with Crippen LogP contribution in [0.5, 0.6) is 0 Å². The number of hydrogen-bond donors (Lipinski definition) is 1. The maximum Gasteiger partial charge on any atom is 0.306 e. The monoisotopic (exact) mass is 581 g/mol. The Kier molecular flexibility index (Phi) is 34.6. The molecular weight excluding hydrogens is 508 g/mol. The molecule has 1 N–H and O–H groups in total. The third-order valence-electron chi connectivity index (χ3n) is 8.09. The fraction of sp³-hybridized carbons (Fsp3) is 0.919. The first-order valence-corrected chi connectivity index (χ1v) is 18.3. The second-order valence-electron chi connectivity index (χ2n) is 12.3. The van der Waals surface area contributed by atoms with E-state index in [0.29, 0.717) is 19.6 Å². The Labute approximate surface area is 256 Å². The van der Waals surface area contributed by atoms with Crippen molar-refractivity contribution in [3.05, 3.63) is 12.2 Å². The minimum atomic E-state index is -0.529. The van der Waals surface area contributed by atoms with Gasteiger partial charge in [-0.15, -0.1) is 0 Å². The Morgan fingerprint density at radius 1 is 0.561 bits per heavy atom. The molecule has 0 spiro atoms. The summed E-state index contributed by atoms with van der Waals surface area (Å²) in [4.78, 5) is 12.1. The van der Waals surface area contributed by atoms with Crippen molar-refractivity contribution in [3.63, 3.8) is 0 Å². The third-order valence-corrected chi connectivity index (χ3v) is 8.09. The van der Waals surface area contributed by atoms with E-state index in [2.05, 4.69) is 26.0 Å². The van der Waals surface area contributed by atoms with E-state index in [0.717, 1.165) is 19.3 Å². The molecule has 1 unspecified atom stereocenters. The number of aliphatic hydroxyl groups excluding tert-OH is 1. The van der Waals surface area contributed by atoms with Crippen molar-refractivity contribution in [2.75, 3.05) is 19.8 Å². The molecule has 41 heavy (non-hydrogen) atoms. The van der Waals surface area contributed by atoms with E-state index in [1.165, 1.54) is 154 Å². The fourth-order valence-corrected chi connectivity index (χ4v) is 5.32. The highest BCUT2D eigenvalue weighted by molar-refractivity contribution is 5.69. The maximum absolute atomic E-state index is 12.1. The van der Waals surface area contributed by atoms with Gasteiger partial charge in [0.2, 0.25) is 0 Å². The van der Waals surface area contributed by atoms with Crippen LogP contribution in [0.1, 0.15) is 194 Å². The van der Waals surface area contributed by atoms with E-state index >= 15 is 0 Å². The predicted molar refractivity (Wildman–Crippen MR) is 178 cm³/mol. The van der Waals surface area contributed by atoms with Gasteiger partial charge in [-0.3, -0.25) is 4.79 Å². The van der Waals surface area contributed by atoms with Crippen molar-refractivity contribution < 1.29 is 19.4 Å². The van der Waals surface area contributed by atoms with Gasteiger partial charge in [0.1, 0.15) is 6.10 Å². The van der Waals surface area contributed by atoms with Crippen LogP contribution in [0.3, 0.4) is 0 Å². The fourth-order valence-electron chi connectivity index (χ4n) is 5.32. The van der Waals surface area contributed by atoms with Gasteiger partial charge in [0, 0.05) is 13.0 Å². The zero-order valence-corrected chi connectivity index (χ0v) is 27.8. The molecule has 1 atom stereocenters. The molecule has 0 radical (unpaired) electrons. The molecule has 4 nitrogen and oxygen atoms in total. The lowest BCUT2D eigenvalue weighted by atomic mass is 10.0. The van der Waals surface area contributed by atoms with Crippen molar-refractivity contribution in [2.45, 2.75) is 200 Å². The minimum absolute atomic E-state index is 0.169. The average Bonchev–Trinajstić information content (AvgIpc) is 2.98. The second kappa shape index (κ2) is 35.3. The van der Waals surface area contributed by atoms with Gasteiger partial charge in [-0.25, -0.2) is 0 Å². The molecule has 0 rings (SSSR count). The van der Waals surface area contributed by atoms with Gasteiger partial charge in [0.05, 0.1) is 13.2 Å².